The molecule has 2 rings (SSSR count). The van der Waals surface area contributed by atoms with E-state index in [9.17, 15) is 13.2 Å². The maximum Gasteiger partial charge on any atom is 0.417 e. The number of alkyl halides is 3. The van der Waals surface area contributed by atoms with Gasteiger partial charge in [-0.25, -0.2) is 4.98 Å². The van der Waals surface area contributed by atoms with E-state index < -0.39 is 11.7 Å². The van der Waals surface area contributed by atoms with Crippen LogP contribution in [0.4, 0.5) is 13.2 Å². The lowest BCUT2D eigenvalue weighted by Crippen LogP contribution is -2.23. The van der Waals surface area contributed by atoms with E-state index in [4.69, 9.17) is 11.6 Å². The van der Waals surface area contributed by atoms with Gasteiger partial charge in [0.05, 0.1) is 10.6 Å². The van der Waals surface area contributed by atoms with E-state index in [1.807, 2.05) is 0 Å². The van der Waals surface area contributed by atoms with Crippen LogP contribution in [0.2, 0.25) is 5.02 Å². The summed E-state index contributed by atoms with van der Waals surface area (Å²) in [7, 11) is 0. The summed E-state index contributed by atoms with van der Waals surface area (Å²) < 4.78 is 37.5. The summed E-state index contributed by atoms with van der Waals surface area (Å²) in [5.74, 6) is 1.52. The predicted molar refractivity (Wildman–Crippen MR) is 79.8 cm³/mol. The Hall–Kier alpha value is -0.460. The highest BCUT2D eigenvalue weighted by atomic mass is 35.5. The monoisotopic (exact) mass is 338 g/mol. The highest BCUT2D eigenvalue weighted by molar-refractivity contribution is 7.99. The van der Waals surface area contributed by atoms with Crippen molar-refractivity contribution in [3.63, 3.8) is 0 Å². The van der Waals surface area contributed by atoms with Crippen LogP contribution in [0.25, 0.3) is 0 Å². The Morgan fingerprint density at radius 2 is 2.05 bits per heavy atom. The fourth-order valence-corrected chi connectivity index (χ4v) is 3.52. The average molecular weight is 339 g/mol. The van der Waals surface area contributed by atoms with Crippen molar-refractivity contribution in [1.29, 1.82) is 0 Å². The Balaban J connectivity index is 1.73. The van der Waals surface area contributed by atoms with Crippen LogP contribution in [0.1, 0.15) is 31.2 Å². The van der Waals surface area contributed by atoms with E-state index in [1.165, 1.54) is 37.4 Å². The first-order valence-corrected chi connectivity index (χ1v) is 8.39. The molecule has 0 unspecified atom stereocenters. The molecule has 118 valence electrons. The average Bonchev–Trinajstić information content (AvgIpc) is 2.92. The van der Waals surface area contributed by atoms with Gasteiger partial charge < -0.3 is 5.32 Å². The molecule has 0 spiro atoms. The van der Waals surface area contributed by atoms with Crippen molar-refractivity contribution in [1.82, 2.24) is 10.3 Å². The zero-order chi connectivity index (χ0) is 15.3. The van der Waals surface area contributed by atoms with Crippen molar-refractivity contribution in [3.8, 4) is 0 Å². The number of rotatable bonds is 6. The van der Waals surface area contributed by atoms with E-state index >= 15 is 0 Å². The van der Waals surface area contributed by atoms with Crippen LogP contribution in [0.5, 0.6) is 0 Å². The maximum atomic E-state index is 12.5. The molecule has 2 nitrogen and oxygen atoms in total. The quantitative estimate of drug-likeness (QED) is 0.605. The number of thioether (sulfide) groups is 1. The molecule has 0 saturated heterocycles. The van der Waals surface area contributed by atoms with Crippen LogP contribution < -0.4 is 5.32 Å². The molecule has 1 fully saturated rings. The van der Waals surface area contributed by atoms with Gasteiger partial charge in [-0.15, -0.1) is 11.8 Å². The van der Waals surface area contributed by atoms with Gasteiger partial charge in [-0.3, -0.25) is 0 Å². The highest BCUT2D eigenvalue weighted by Crippen LogP contribution is 2.33. The number of hydrogen-bond donors (Lipinski definition) is 1. The predicted octanol–water partition coefficient (Wildman–Crippen LogP) is 4.63. The molecule has 0 radical (unpaired) electrons. The third kappa shape index (κ3) is 5.34. The Bertz CT molecular complexity index is 462. The lowest BCUT2D eigenvalue weighted by molar-refractivity contribution is -0.137. The molecule has 1 aliphatic carbocycles. The molecule has 0 aliphatic heterocycles. The number of halogens is 4. The van der Waals surface area contributed by atoms with E-state index in [2.05, 4.69) is 10.3 Å². The van der Waals surface area contributed by atoms with Crippen molar-refractivity contribution >= 4 is 23.4 Å². The summed E-state index contributed by atoms with van der Waals surface area (Å²) >= 11 is 7.22. The van der Waals surface area contributed by atoms with Crippen molar-refractivity contribution in [3.05, 3.63) is 22.8 Å². The van der Waals surface area contributed by atoms with Crippen molar-refractivity contribution in [2.24, 2.45) is 5.92 Å². The number of nitrogens with zero attached hydrogens (tertiary/aromatic N) is 1. The first-order chi connectivity index (χ1) is 9.97. The number of pyridine rings is 1. The van der Waals surface area contributed by atoms with E-state index in [-0.39, 0.29) is 5.02 Å². The van der Waals surface area contributed by atoms with Crippen molar-refractivity contribution in [2.75, 3.05) is 18.8 Å². The fraction of sp³-hybridized carbons (Fsp3) is 0.643. The van der Waals surface area contributed by atoms with Crippen molar-refractivity contribution < 1.29 is 13.2 Å². The van der Waals surface area contributed by atoms with Gasteiger partial charge in [0.1, 0.15) is 5.03 Å². The van der Waals surface area contributed by atoms with Crippen LogP contribution in [0.3, 0.4) is 0 Å². The topological polar surface area (TPSA) is 24.9 Å². The molecule has 0 aromatic carbocycles. The summed E-state index contributed by atoms with van der Waals surface area (Å²) in [6.45, 7) is 1.83. The van der Waals surface area contributed by atoms with Gasteiger partial charge in [0, 0.05) is 18.5 Å². The van der Waals surface area contributed by atoms with Gasteiger partial charge in [0.15, 0.2) is 0 Å². The van der Waals surface area contributed by atoms with Gasteiger partial charge in [0.25, 0.3) is 0 Å². The van der Waals surface area contributed by atoms with E-state index in [0.717, 1.165) is 37.0 Å². The van der Waals surface area contributed by atoms with Gasteiger partial charge in [-0.05, 0) is 31.4 Å². The highest BCUT2D eigenvalue weighted by Gasteiger charge is 2.31. The third-order valence-electron chi connectivity index (χ3n) is 3.56. The zero-order valence-electron chi connectivity index (χ0n) is 11.5. The number of hydrogen-bond acceptors (Lipinski definition) is 3. The molecular weight excluding hydrogens is 321 g/mol. The van der Waals surface area contributed by atoms with Gasteiger partial charge in [-0.1, -0.05) is 24.4 Å². The normalized spacial score (nSPS) is 16.6. The van der Waals surface area contributed by atoms with E-state index in [1.54, 1.807) is 0 Å². The van der Waals surface area contributed by atoms with Crippen LogP contribution in [-0.2, 0) is 6.18 Å². The van der Waals surface area contributed by atoms with Gasteiger partial charge >= 0.3 is 6.18 Å². The minimum Gasteiger partial charge on any atom is -0.316 e. The second-order valence-electron chi connectivity index (χ2n) is 5.21. The molecular formula is C14H18ClF3N2S. The molecule has 1 heterocycles. The minimum atomic E-state index is -4.40. The summed E-state index contributed by atoms with van der Waals surface area (Å²) in [4.78, 5) is 3.80. The largest absolute Gasteiger partial charge is 0.417 e. The molecule has 21 heavy (non-hydrogen) atoms. The first-order valence-electron chi connectivity index (χ1n) is 7.03. The number of nitrogens with one attached hydrogen (secondary N) is 1. The Labute approximate surface area is 131 Å². The smallest absolute Gasteiger partial charge is 0.316 e. The summed E-state index contributed by atoms with van der Waals surface area (Å²) in [5, 5.41) is 3.89. The summed E-state index contributed by atoms with van der Waals surface area (Å²) in [6, 6.07) is 0.933. The van der Waals surface area contributed by atoms with Crippen LogP contribution in [0, 0.1) is 5.92 Å². The van der Waals surface area contributed by atoms with Crippen LogP contribution in [-0.4, -0.2) is 23.8 Å². The fourth-order valence-electron chi connectivity index (χ4n) is 2.43. The molecule has 0 bridgehead atoms. The number of aromatic nitrogens is 1. The lowest BCUT2D eigenvalue weighted by atomic mass is 10.1. The molecule has 1 N–H and O–H groups in total. The second-order valence-corrected chi connectivity index (χ2v) is 6.70. The lowest BCUT2D eigenvalue weighted by Gasteiger charge is -2.11. The second kappa shape index (κ2) is 7.70. The third-order valence-corrected chi connectivity index (χ3v) is 4.97. The molecule has 1 aliphatic rings. The standard InChI is InChI=1S/C14H18ClF3N2S/c15-12-7-11(14(16,17)18)9-20-13(12)21-6-5-19-8-10-3-1-2-4-10/h7,9-10,19H,1-6,8H2. The first kappa shape index (κ1) is 16.9. The Kier molecular flexibility index (Phi) is 6.20. The molecule has 0 atom stereocenters. The summed E-state index contributed by atoms with van der Waals surface area (Å²) in [5.41, 5.74) is -0.809. The zero-order valence-corrected chi connectivity index (χ0v) is 13.1. The minimum absolute atomic E-state index is 0.0608. The maximum absolute atomic E-state index is 12.5. The molecule has 1 saturated carbocycles. The molecule has 7 heteroatoms. The van der Waals surface area contributed by atoms with Crippen LogP contribution in [0.15, 0.2) is 17.3 Å². The molecule has 1 aromatic rings. The Morgan fingerprint density at radius 3 is 2.67 bits per heavy atom. The van der Waals surface area contributed by atoms with Crippen molar-refractivity contribution in [2.45, 2.75) is 36.9 Å². The van der Waals surface area contributed by atoms with Gasteiger partial charge in [-0.2, -0.15) is 13.2 Å². The van der Waals surface area contributed by atoms with E-state index in [0.29, 0.717) is 5.03 Å². The Morgan fingerprint density at radius 1 is 1.33 bits per heavy atom. The SMILES string of the molecule is FC(F)(F)c1cnc(SCCNCC2CCCC2)c(Cl)c1. The van der Waals surface area contributed by atoms with Crippen LogP contribution >= 0.6 is 23.4 Å². The summed E-state index contributed by atoms with van der Waals surface area (Å²) in [6.07, 6.45) is 1.68. The van der Waals surface area contributed by atoms with Gasteiger partial charge in [0.2, 0.25) is 0 Å². The molecule has 0 amide bonds. The molecule has 1 aromatic heterocycles.